The molecule has 1 aromatic carbocycles. The smallest absolute Gasteiger partial charge is 0.277 e. The SMILES string of the molecule is CO[C@H]1CN(C)C(=O)c2ccc(NC(=O)c3cc(C)on3)cc2OC[C@@H](C)N(C(=O)C2CC2)C[C@H]1C. The monoisotopic (exact) mass is 498 g/mol. The summed E-state index contributed by atoms with van der Waals surface area (Å²) >= 11 is 0. The second kappa shape index (κ2) is 10.7. The summed E-state index contributed by atoms with van der Waals surface area (Å²) in [5.74, 6) is 0.433. The van der Waals surface area contributed by atoms with E-state index >= 15 is 0 Å². The lowest BCUT2D eigenvalue weighted by molar-refractivity contribution is -0.136. The summed E-state index contributed by atoms with van der Waals surface area (Å²) in [7, 11) is 3.35. The number of aryl methyl sites for hydroxylation is 1. The highest BCUT2D eigenvalue weighted by atomic mass is 16.5. The molecular weight excluding hydrogens is 464 g/mol. The van der Waals surface area contributed by atoms with Crippen molar-refractivity contribution in [1.82, 2.24) is 15.0 Å². The summed E-state index contributed by atoms with van der Waals surface area (Å²) in [5.41, 5.74) is 0.964. The molecule has 1 saturated carbocycles. The number of carbonyl (C=O) groups is 3. The van der Waals surface area contributed by atoms with E-state index in [-0.39, 0.29) is 48.1 Å². The van der Waals surface area contributed by atoms with E-state index in [1.807, 2.05) is 18.7 Å². The number of fused-ring (bicyclic) bond motifs is 1. The molecule has 2 aliphatic rings. The van der Waals surface area contributed by atoms with Gasteiger partial charge in [-0.05, 0) is 38.8 Å². The van der Waals surface area contributed by atoms with Crippen LogP contribution in [0.4, 0.5) is 5.69 Å². The van der Waals surface area contributed by atoms with E-state index in [0.29, 0.717) is 35.9 Å². The molecule has 4 rings (SSSR count). The number of nitrogens with one attached hydrogen (secondary N) is 1. The van der Waals surface area contributed by atoms with E-state index in [0.717, 1.165) is 12.8 Å². The van der Waals surface area contributed by atoms with Crippen LogP contribution in [0, 0.1) is 18.8 Å². The number of hydrogen-bond donors (Lipinski definition) is 1. The van der Waals surface area contributed by atoms with Gasteiger partial charge in [-0.2, -0.15) is 0 Å². The van der Waals surface area contributed by atoms with Crippen molar-refractivity contribution >= 4 is 23.4 Å². The molecule has 3 atom stereocenters. The molecule has 0 spiro atoms. The number of hydrogen-bond acceptors (Lipinski definition) is 7. The number of rotatable bonds is 4. The molecular formula is C26H34N4O6. The average molecular weight is 499 g/mol. The van der Waals surface area contributed by atoms with Crippen LogP contribution in [-0.2, 0) is 9.53 Å². The minimum absolute atomic E-state index is 0.0204. The van der Waals surface area contributed by atoms with Crippen LogP contribution in [0.15, 0.2) is 28.8 Å². The van der Waals surface area contributed by atoms with Gasteiger partial charge in [0.1, 0.15) is 18.1 Å². The lowest BCUT2D eigenvalue weighted by Gasteiger charge is -2.36. The van der Waals surface area contributed by atoms with Crippen LogP contribution in [0.25, 0.3) is 0 Å². The maximum Gasteiger partial charge on any atom is 0.277 e. The molecule has 1 aromatic heterocycles. The molecule has 0 radical (unpaired) electrons. The van der Waals surface area contributed by atoms with Gasteiger partial charge in [-0.25, -0.2) is 0 Å². The highest BCUT2D eigenvalue weighted by Crippen LogP contribution is 2.33. The summed E-state index contributed by atoms with van der Waals surface area (Å²) in [6.45, 7) is 6.77. The zero-order valence-corrected chi connectivity index (χ0v) is 21.4. The number of ether oxygens (including phenoxy) is 2. The van der Waals surface area contributed by atoms with Crippen LogP contribution >= 0.6 is 0 Å². The third-order valence-electron chi connectivity index (χ3n) is 6.77. The van der Waals surface area contributed by atoms with Crippen LogP contribution in [0.2, 0.25) is 0 Å². The Morgan fingerprint density at radius 1 is 1.17 bits per heavy atom. The summed E-state index contributed by atoms with van der Waals surface area (Å²) in [4.78, 5) is 42.5. The zero-order valence-electron chi connectivity index (χ0n) is 21.4. The minimum atomic E-state index is -0.435. The Bertz CT molecular complexity index is 1130. The van der Waals surface area contributed by atoms with Crippen molar-refractivity contribution in [2.75, 3.05) is 39.2 Å². The highest BCUT2D eigenvalue weighted by molar-refractivity contribution is 6.04. The molecule has 10 nitrogen and oxygen atoms in total. The van der Waals surface area contributed by atoms with Crippen LogP contribution in [0.5, 0.6) is 5.75 Å². The van der Waals surface area contributed by atoms with Crippen LogP contribution in [0.1, 0.15) is 53.3 Å². The van der Waals surface area contributed by atoms with Crippen molar-refractivity contribution in [3.8, 4) is 5.75 Å². The Labute approximate surface area is 210 Å². The van der Waals surface area contributed by atoms with Crippen molar-refractivity contribution in [2.24, 2.45) is 11.8 Å². The van der Waals surface area contributed by atoms with Crippen LogP contribution in [0.3, 0.4) is 0 Å². The first-order chi connectivity index (χ1) is 17.2. The fourth-order valence-corrected chi connectivity index (χ4v) is 4.39. The van der Waals surface area contributed by atoms with Gasteiger partial charge in [-0.15, -0.1) is 0 Å². The molecule has 1 N–H and O–H groups in total. The Kier molecular flexibility index (Phi) is 7.63. The number of amides is 3. The molecule has 36 heavy (non-hydrogen) atoms. The molecule has 2 heterocycles. The predicted octanol–water partition coefficient (Wildman–Crippen LogP) is 2.98. The fourth-order valence-electron chi connectivity index (χ4n) is 4.39. The average Bonchev–Trinajstić information content (AvgIpc) is 3.62. The van der Waals surface area contributed by atoms with E-state index in [1.54, 1.807) is 50.2 Å². The molecule has 10 heteroatoms. The number of carbonyl (C=O) groups excluding carboxylic acids is 3. The molecule has 2 aromatic rings. The summed E-state index contributed by atoms with van der Waals surface area (Å²) < 4.78 is 16.8. The van der Waals surface area contributed by atoms with E-state index in [1.165, 1.54) is 0 Å². The lowest BCUT2D eigenvalue weighted by atomic mass is 10.0. The van der Waals surface area contributed by atoms with Crippen molar-refractivity contribution in [2.45, 2.75) is 45.8 Å². The number of aromatic nitrogens is 1. The van der Waals surface area contributed by atoms with Gasteiger partial charge in [0.15, 0.2) is 5.69 Å². The van der Waals surface area contributed by atoms with Gasteiger partial charge in [0.2, 0.25) is 5.91 Å². The first-order valence-electron chi connectivity index (χ1n) is 12.3. The van der Waals surface area contributed by atoms with E-state index in [9.17, 15) is 14.4 Å². The van der Waals surface area contributed by atoms with Gasteiger partial charge in [-0.3, -0.25) is 14.4 Å². The number of methoxy groups -OCH3 is 1. The molecule has 194 valence electrons. The third-order valence-corrected chi connectivity index (χ3v) is 6.77. The van der Waals surface area contributed by atoms with Crippen LogP contribution < -0.4 is 10.1 Å². The maximum atomic E-state index is 13.3. The normalized spacial score (nSPS) is 23.2. The molecule has 0 bridgehead atoms. The second-order valence-corrected chi connectivity index (χ2v) is 9.85. The number of benzene rings is 1. The molecule has 1 aliphatic carbocycles. The van der Waals surface area contributed by atoms with Gasteiger partial charge >= 0.3 is 0 Å². The Morgan fingerprint density at radius 3 is 2.56 bits per heavy atom. The molecule has 1 fully saturated rings. The first kappa shape index (κ1) is 25.7. The summed E-state index contributed by atoms with van der Waals surface area (Å²) in [5, 5.41) is 6.50. The van der Waals surface area contributed by atoms with E-state index in [4.69, 9.17) is 14.0 Å². The number of anilines is 1. The standard InChI is InChI=1S/C26H34N4O6/c1-15-12-30(25(32)18-6-7-18)16(2)14-35-22-11-19(27-24(31)21-10-17(3)36-28-21)8-9-20(22)26(33)29(4)13-23(15)34-5/h8-11,15-16,18,23H,6-7,12-14H2,1-5H3,(H,27,31)/t15-,16-,23+/m1/s1. The van der Waals surface area contributed by atoms with Crippen molar-refractivity contribution in [1.29, 1.82) is 0 Å². The van der Waals surface area contributed by atoms with Crippen molar-refractivity contribution in [3.05, 3.63) is 41.3 Å². The molecule has 1 aliphatic heterocycles. The number of likely N-dealkylation sites (N-methyl/N-ethyl adjacent to an activating group) is 1. The summed E-state index contributed by atoms with van der Waals surface area (Å²) in [6, 6.07) is 6.22. The quantitative estimate of drug-likeness (QED) is 0.689. The molecule has 3 amide bonds. The Hall–Kier alpha value is -3.40. The predicted molar refractivity (Wildman–Crippen MR) is 132 cm³/mol. The maximum absolute atomic E-state index is 13.3. The highest BCUT2D eigenvalue weighted by Gasteiger charge is 2.37. The van der Waals surface area contributed by atoms with Gasteiger partial charge in [-0.1, -0.05) is 12.1 Å². The third kappa shape index (κ3) is 5.70. The second-order valence-electron chi connectivity index (χ2n) is 9.85. The molecule has 0 saturated heterocycles. The minimum Gasteiger partial charge on any atom is -0.491 e. The van der Waals surface area contributed by atoms with E-state index < -0.39 is 5.91 Å². The van der Waals surface area contributed by atoms with Crippen molar-refractivity contribution < 1.29 is 28.4 Å². The fraction of sp³-hybridized carbons (Fsp3) is 0.538. The Morgan fingerprint density at radius 2 is 1.92 bits per heavy atom. The van der Waals surface area contributed by atoms with Gasteiger partial charge in [0.05, 0.1) is 17.7 Å². The van der Waals surface area contributed by atoms with Crippen molar-refractivity contribution in [3.63, 3.8) is 0 Å². The Balaban J connectivity index is 1.63. The van der Waals surface area contributed by atoms with Crippen LogP contribution in [-0.4, -0.2) is 78.7 Å². The zero-order chi connectivity index (χ0) is 26.0. The van der Waals surface area contributed by atoms with Gasteiger partial charge < -0.3 is 29.1 Å². The largest absolute Gasteiger partial charge is 0.491 e. The van der Waals surface area contributed by atoms with E-state index in [2.05, 4.69) is 10.5 Å². The summed E-state index contributed by atoms with van der Waals surface area (Å²) in [6.07, 6.45) is 1.59. The van der Waals surface area contributed by atoms with Gasteiger partial charge in [0, 0.05) is 56.9 Å². The first-order valence-corrected chi connectivity index (χ1v) is 12.3. The number of nitrogens with zero attached hydrogens (tertiary/aromatic N) is 3. The molecule has 0 unspecified atom stereocenters. The topological polar surface area (TPSA) is 114 Å². The van der Waals surface area contributed by atoms with Gasteiger partial charge in [0.25, 0.3) is 11.8 Å². The lowest BCUT2D eigenvalue weighted by Crippen LogP contribution is -2.49.